The molecule has 5 nitrogen and oxygen atoms in total. The van der Waals surface area contributed by atoms with Crippen molar-refractivity contribution in [3.05, 3.63) is 0 Å². The van der Waals surface area contributed by atoms with E-state index in [1.807, 2.05) is 13.8 Å². The molecule has 0 aromatic heterocycles. The number of carbonyl (C=O) groups excluding carboxylic acids is 1. The highest BCUT2D eigenvalue weighted by Crippen LogP contribution is 2.16. The molecule has 2 atom stereocenters. The standard InChI is InChI=1S/C16H30N4O/c1-5-9-20(14-7-6-8-18-10-14)11-15(21)19-16(4,12-17)13(2)3/h13-14,18H,5-11H2,1-4H3,(H,19,21). The monoisotopic (exact) mass is 294 g/mol. The molecular weight excluding hydrogens is 264 g/mol. The maximum Gasteiger partial charge on any atom is 0.235 e. The Balaban J connectivity index is 2.62. The van der Waals surface area contributed by atoms with Crippen molar-refractivity contribution in [3.63, 3.8) is 0 Å². The Bertz CT molecular complexity index is 371. The van der Waals surface area contributed by atoms with Gasteiger partial charge in [-0.05, 0) is 45.2 Å². The van der Waals surface area contributed by atoms with Gasteiger partial charge < -0.3 is 10.6 Å². The maximum absolute atomic E-state index is 12.3. The molecule has 5 heteroatoms. The van der Waals surface area contributed by atoms with Crippen molar-refractivity contribution >= 4 is 5.91 Å². The van der Waals surface area contributed by atoms with Crippen LogP contribution in [0.4, 0.5) is 0 Å². The average molecular weight is 294 g/mol. The lowest BCUT2D eigenvalue weighted by Gasteiger charge is -2.35. The van der Waals surface area contributed by atoms with Crippen molar-refractivity contribution in [1.29, 1.82) is 5.26 Å². The van der Waals surface area contributed by atoms with Gasteiger partial charge in [0.15, 0.2) is 0 Å². The van der Waals surface area contributed by atoms with Crippen molar-refractivity contribution < 1.29 is 4.79 Å². The number of hydrogen-bond acceptors (Lipinski definition) is 4. The van der Waals surface area contributed by atoms with Gasteiger partial charge in [0, 0.05) is 12.6 Å². The predicted octanol–water partition coefficient (Wildman–Crippen LogP) is 1.50. The Hall–Kier alpha value is -1.12. The van der Waals surface area contributed by atoms with E-state index in [1.54, 1.807) is 6.92 Å². The fraction of sp³-hybridized carbons (Fsp3) is 0.875. The number of rotatable bonds is 7. The number of piperidine rings is 1. The van der Waals surface area contributed by atoms with Gasteiger partial charge in [-0.3, -0.25) is 9.69 Å². The van der Waals surface area contributed by atoms with Crippen LogP contribution in [0.25, 0.3) is 0 Å². The lowest BCUT2D eigenvalue weighted by molar-refractivity contribution is -0.124. The van der Waals surface area contributed by atoms with Gasteiger partial charge in [0.05, 0.1) is 12.6 Å². The molecular formula is C16H30N4O. The van der Waals surface area contributed by atoms with E-state index in [1.165, 1.54) is 0 Å². The number of amides is 1. The first-order valence-electron chi connectivity index (χ1n) is 8.10. The van der Waals surface area contributed by atoms with Crippen molar-refractivity contribution in [2.24, 2.45) is 5.92 Å². The second kappa shape index (κ2) is 8.35. The number of nitriles is 1. The van der Waals surface area contributed by atoms with E-state index in [4.69, 9.17) is 0 Å². The molecule has 2 N–H and O–H groups in total. The van der Waals surface area contributed by atoms with Gasteiger partial charge in [0.25, 0.3) is 0 Å². The van der Waals surface area contributed by atoms with Gasteiger partial charge in [-0.25, -0.2) is 0 Å². The Morgan fingerprint density at radius 2 is 2.29 bits per heavy atom. The molecule has 21 heavy (non-hydrogen) atoms. The molecule has 0 aromatic carbocycles. The summed E-state index contributed by atoms with van der Waals surface area (Å²) in [6.07, 6.45) is 3.33. The molecule has 1 rings (SSSR count). The van der Waals surface area contributed by atoms with Crippen molar-refractivity contribution in [1.82, 2.24) is 15.5 Å². The first kappa shape index (κ1) is 17.9. The highest BCUT2D eigenvalue weighted by molar-refractivity contribution is 5.79. The van der Waals surface area contributed by atoms with Gasteiger partial charge in [-0.2, -0.15) is 5.26 Å². The number of nitrogens with one attached hydrogen (secondary N) is 2. The summed E-state index contributed by atoms with van der Waals surface area (Å²) in [4.78, 5) is 14.6. The van der Waals surface area contributed by atoms with Crippen LogP contribution in [0.3, 0.4) is 0 Å². The van der Waals surface area contributed by atoms with Crippen LogP contribution in [0, 0.1) is 17.2 Å². The summed E-state index contributed by atoms with van der Waals surface area (Å²) >= 11 is 0. The van der Waals surface area contributed by atoms with E-state index in [0.717, 1.165) is 38.9 Å². The quantitative estimate of drug-likeness (QED) is 0.747. The molecule has 1 amide bonds. The lowest BCUT2D eigenvalue weighted by Crippen LogP contribution is -2.54. The molecule has 0 aromatic rings. The molecule has 1 heterocycles. The predicted molar refractivity (Wildman–Crippen MR) is 84.8 cm³/mol. The number of carbonyl (C=O) groups is 1. The van der Waals surface area contributed by atoms with E-state index in [2.05, 4.69) is 28.5 Å². The van der Waals surface area contributed by atoms with Crippen LogP contribution in [-0.2, 0) is 4.79 Å². The molecule has 1 aliphatic heterocycles. The summed E-state index contributed by atoms with van der Waals surface area (Å²) in [5.41, 5.74) is -0.792. The minimum atomic E-state index is -0.792. The van der Waals surface area contributed by atoms with Gasteiger partial charge in [-0.15, -0.1) is 0 Å². The molecule has 0 saturated carbocycles. The van der Waals surface area contributed by atoms with Crippen LogP contribution in [-0.4, -0.2) is 48.6 Å². The third kappa shape index (κ3) is 5.29. The summed E-state index contributed by atoms with van der Waals surface area (Å²) in [5.74, 6) is 0.0363. The second-order valence-corrected chi connectivity index (χ2v) is 6.49. The molecule has 0 bridgehead atoms. The first-order chi connectivity index (χ1) is 9.92. The Morgan fingerprint density at radius 3 is 2.76 bits per heavy atom. The van der Waals surface area contributed by atoms with E-state index in [0.29, 0.717) is 12.6 Å². The normalized spacial score (nSPS) is 21.9. The van der Waals surface area contributed by atoms with E-state index in [-0.39, 0.29) is 11.8 Å². The summed E-state index contributed by atoms with van der Waals surface area (Å²) in [6.45, 7) is 11.2. The smallest absolute Gasteiger partial charge is 0.235 e. The summed E-state index contributed by atoms with van der Waals surface area (Å²) in [7, 11) is 0. The van der Waals surface area contributed by atoms with Crippen LogP contribution in [0.15, 0.2) is 0 Å². The fourth-order valence-corrected chi connectivity index (χ4v) is 2.64. The Morgan fingerprint density at radius 1 is 1.57 bits per heavy atom. The second-order valence-electron chi connectivity index (χ2n) is 6.49. The Kier molecular flexibility index (Phi) is 7.13. The van der Waals surface area contributed by atoms with Crippen LogP contribution in [0.2, 0.25) is 0 Å². The fourth-order valence-electron chi connectivity index (χ4n) is 2.64. The van der Waals surface area contributed by atoms with Gasteiger partial charge in [0.2, 0.25) is 5.91 Å². The minimum absolute atomic E-state index is 0.0493. The van der Waals surface area contributed by atoms with Gasteiger partial charge in [0.1, 0.15) is 5.54 Å². The minimum Gasteiger partial charge on any atom is -0.337 e. The molecule has 1 fully saturated rings. The van der Waals surface area contributed by atoms with Crippen LogP contribution < -0.4 is 10.6 Å². The molecule has 0 aliphatic carbocycles. The van der Waals surface area contributed by atoms with Crippen LogP contribution in [0.5, 0.6) is 0 Å². The summed E-state index contributed by atoms with van der Waals surface area (Å²) in [5, 5.41) is 15.6. The summed E-state index contributed by atoms with van der Waals surface area (Å²) < 4.78 is 0. The zero-order chi connectivity index (χ0) is 15.9. The average Bonchev–Trinajstić information content (AvgIpc) is 2.47. The lowest BCUT2D eigenvalue weighted by atomic mass is 9.90. The van der Waals surface area contributed by atoms with E-state index >= 15 is 0 Å². The van der Waals surface area contributed by atoms with Gasteiger partial charge in [-0.1, -0.05) is 20.8 Å². The van der Waals surface area contributed by atoms with Crippen molar-refractivity contribution in [2.45, 2.75) is 58.5 Å². The largest absolute Gasteiger partial charge is 0.337 e. The Labute approximate surface area is 129 Å². The molecule has 2 unspecified atom stereocenters. The van der Waals surface area contributed by atoms with E-state index < -0.39 is 5.54 Å². The molecule has 1 aliphatic rings. The maximum atomic E-state index is 12.3. The topological polar surface area (TPSA) is 68.2 Å². The van der Waals surface area contributed by atoms with Crippen LogP contribution in [0.1, 0.15) is 47.0 Å². The zero-order valence-electron chi connectivity index (χ0n) is 13.9. The SMILES string of the molecule is CCCN(CC(=O)NC(C)(C#N)C(C)C)C1CCCNC1. The van der Waals surface area contributed by atoms with E-state index in [9.17, 15) is 10.1 Å². The third-order valence-corrected chi connectivity index (χ3v) is 4.43. The van der Waals surface area contributed by atoms with Gasteiger partial charge >= 0.3 is 0 Å². The molecule has 1 saturated heterocycles. The van der Waals surface area contributed by atoms with Crippen molar-refractivity contribution in [2.75, 3.05) is 26.2 Å². The molecule has 0 spiro atoms. The van der Waals surface area contributed by atoms with Crippen LogP contribution >= 0.6 is 0 Å². The number of nitrogens with zero attached hydrogens (tertiary/aromatic N) is 2. The third-order valence-electron chi connectivity index (χ3n) is 4.43. The highest BCUT2D eigenvalue weighted by atomic mass is 16.2. The first-order valence-corrected chi connectivity index (χ1v) is 8.10. The van der Waals surface area contributed by atoms with Crippen molar-refractivity contribution in [3.8, 4) is 6.07 Å². The molecule has 0 radical (unpaired) electrons. The highest BCUT2D eigenvalue weighted by Gasteiger charge is 2.31. The number of hydrogen-bond donors (Lipinski definition) is 2. The zero-order valence-corrected chi connectivity index (χ0v) is 13.9. The molecule has 120 valence electrons. The summed E-state index contributed by atoms with van der Waals surface area (Å²) in [6, 6.07) is 2.66.